The second-order valence-electron chi connectivity index (χ2n) is 3.05. The summed E-state index contributed by atoms with van der Waals surface area (Å²) in [5, 5.41) is 12.4. The van der Waals surface area contributed by atoms with Gasteiger partial charge in [-0.1, -0.05) is 0 Å². The molecule has 0 saturated carbocycles. The highest BCUT2D eigenvalue weighted by Gasteiger charge is 2.15. The Bertz CT molecular complexity index is 407. The van der Waals surface area contributed by atoms with Crippen LogP contribution in [0, 0.1) is 6.92 Å². The van der Waals surface area contributed by atoms with Gasteiger partial charge >= 0.3 is 5.97 Å². The van der Waals surface area contributed by atoms with Crippen molar-refractivity contribution in [3.8, 4) is 0 Å². The Labute approximate surface area is 80.7 Å². The lowest BCUT2D eigenvalue weighted by atomic mass is 10.1. The van der Waals surface area contributed by atoms with Crippen LogP contribution in [-0.2, 0) is 11.8 Å². The zero-order valence-corrected chi connectivity index (χ0v) is 8.21. The molecule has 1 aromatic heterocycles. The largest absolute Gasteiger partial charge is 0.476 e. The molecule has 0 radical (unpaired) electrons. The molecular formula is C9H11FN2O2. The minimum absolute atomic E-state index is 0.100. The lowest BCUT2D eigenvalue weighted by Crippen LogP contribution is -1.98. The third-order valence-electron chi connectivity index (χ3n) is 1.93. The number of aromatic nitrogens is 2. The predicted molar refractivity (Wildman–Crippen MR) is 49.3 cm³/mol. The zero-order valence-electron chi connectivity index (χ0n) is 8.21. The van der Waals surface area contributed by atoms with E-state index in [-0.39, 0.29) is 5.57 Å². The molecule has 0 aliphatic rings. The molecule has 0 atom stereocenters. The van der Waals surface area contributed by atoms with Crippen molar-refractivity contribution in [3.05, 3.63) is 23.3 Å². The van der Waals surface area contributed by atoms with E-state index >= 15 is 0 Å². The van der Waals surface area contributed by atoms with E-state index in [0.29, 0.717) is 11.3 Å². The number of hydrogen-bond acceptors (Lipinski definition) is 2. The Kier molecular flexibility index (Phi) is 2.69. The monoisotopic (exact) mass is 198 g/mol. The minimum atomic E-state index is -1.55. The molecule has 4 nitrogen and oxygen atoms in total. The molecule has 0 fully saturated rings. The normalized spacial score (nSPS) is 12.6. The fourth-order valence-corrected chi connectivity index (χ4v) is 1.25. The number of hydrogen-bond donors (Lipinski definition) is 1. The Morgan fingerprint density at radius 2 is 2.21 bits per heavy atom. The van der Waals surface area contributed by atoms with Gasteiger partial charge in [0.25, 0.3) is 0 Å². The third-order valence-corrected chi connectivity index (χ3v) is 1.93. The Hall–Kier alpha value is -1.65. The van der Waals surface area contributed by atoms with Gasteiger partial charge in [0.15, 0.2) is 0 Å². The van der Waals surface area contributed by atoms with Crippen LogP contribution in [0.25, 0.3) is 5.57 Å². The summed E-state index contributed by atoms with van der Waals surface area (Å²) < 4.78 is 14.6. The molecule has 0 spiro atoms. The number of aryl methyl sites for hydroxylation is 2. The molecule has 1 heterocycles. The number of carboxylic acids is 1. The average Bonchev–Trinajstić information content (AvgIpc) is 2.42. The first kappa shape index (κ1) is 10.4. The number of rotatable bonds is 2. The topological polar surface area (TPSA) is 55.1 Å². The molecule has 0 aromatic carbocycles. The van der Waals surface area contributed by atoms with Crippen LogP contribution in [0.15, 0.2) is 12.0 Å². The molecule has 0 bridgehead atoms. The van der Waals surface area contributed by atoms with Crippen molar-refractivity contribution in [2.45, 2.75) is 13.8 Å². The van der Waals surface area contributed by atoms with Gasteiger partial charge in [-0.25, -0.2) is 4.79 Å². The molecule has 1 rings (SSSR count). The molecule has 1 N–H and O–H groups in total. The summed E-state index contributed by atoms with van der Waals surface area (Å²) in [5.74, 6) is -2.69. The van der Waals surface area contributed by atoms with Gasteiger partial charge < -0.3 is 5.11 Å². The van der Waals surface area contributed by atoms with Crippen molar-refractivity contribution in [2.24, 2.45) is 7.05 Å². The van der Waals surface area contributed by atoms with Crippen LogP contribution in [0.4, 0.5) is 4.39 Å². The maximum Gasteiger partial charge on any atom is 0.365 e. The summed E-state index contributed by atoms with van der Waals surface area (Å²) in [4.78, 5) is 10.4. The minimum Gasteiger partial charge on any atom is -0.476 e. The van der Waals surface area contributed by atoms with E-state index in [2.05, 4.69) is 5.10 Å². The highest BCUT2D eigenvalue weighted by Crippen LogP contribution is 2.21. The molecule has 0 aliphatic heterocycles. The van der Waals surface area contributed by atoms with E-state index in [1.807, 2.05) is 0 Å². The summed E-state index contributed by atoms with van der Waals surface area (Å²) in [5.41, 5.74) is 1.23. The van der Waals surface area contributed by atoms with Gasteiger partial charge in [0.2, 0.25) is 5.83 Å². The van der Waals surface area contributed by atoms with Crippen molar-refractivity contribution in [1.82, 2.24) is 9.78 Å². The quantitative estimate of drug-likeness (QED) is 0.733. The maximum atomic E-state index is 13.0. The Morgan fingerprint density at radius 3 is 2.57 bits per heavy atom. The average molecular weight is 198 g/mol. The van der Waals surface area contributed by atoms with Crippen LogP contribution in [0.2, 0.25) is 0 Å². The van der Waals surface area contributed by atoms with Crippen LogP contribution in [-0.4, -0.2) is 20.9 Å². The molecule has 5 heteroatoms. The smallest absolute Gasteiger partial charge is 0.365 e. The Balaban J connectivity index is 3.24. The van der Waals surface area contributed by atoms with Crippen LogP contribution < -0.4 is 0 Å². The van der Waals surface area contributed by atoms with Gasteiger partial charge in [-0.2, -0.15) is 9.49 Å². The molecule has 0 aliphatic carbocycles. The first-order valence-electron chi connectivity index (χ1n) is 4.03. The van der Waals surface area contributed by atoms with E-state index in [0.717, 1.165) is 0 Å². The fraction of sp³-hybridized carbons (Fsp3) is 0.333. The van der Waals surface area contributed by atoms with E-state index in [9.17, 15) is 9.18 Å². The second-order valence-corrected chi connectivity index (χ2v) is 3.05. The van der Waals surface area contributed by atoms with Gasteiger partial charge in [0.1, 0.15) is 0 Å². The van der Waals surface area contributed by atoms with Crippen LogP contribution >= 0.6 is 0 Å². The highest BCUT2D eigenvalue weighted by atomic mass is 19.1. The van der Waals surface area contributed by atoms with Gasteiger partial charge in [-0.3, -0.25) is 4.68 Å². The summed E-state index contributed by atoms with van der Waals surface area (Å²) in [7, 11) is 1.70. The van der Waals surface area contributed by atoms with Gasteiger partial charge in [-0.15, -0.1) is 0 Å². The first-order chi connectivity index (χ1) is 6.43. The van der Waals surface area contributed by atoms with Crippen molar-refractivity contribution in [3.63, 3.8) is 0 Å². The highest BCUT2D eigenvalue weighted by molar-refractivity contribution is 5.93. The Morgan fingerprint density at radius 1 is 1.64 bits per heavy atom. The molecule has 76 valence electrons. The first-order valence-corrected chi connectivity index (χ1v) is 4.03. The van der Waals surface area contributed by atoms with Gasteiger partial charge in [0, 0.05) is 24.4 Å². The summed E-state index contributed by atoms with van der Waals surface area (Å²) in [6, 6.07) is 0. The number of nitrogens with zero attached hydrogens (tertiary/aromatic N) is 2. The fourth-order valence-electron chi connectivity index (χ4n) is 1.25. The summed E-state index contributed by atoms with van der Waals surface area (Å²) >= 11 is 0. The van der Waals surface area contributed by atoms with Crippen LogP contribution in [0.3, 0.4) is 0 Å². The van der Waals surface area contributed by atoms with Crippen molar-refractivity contribution >= 4 is 11.5 Å². The lowest BCUT2D eigenvalue weighted by Gasteiger charge is -1.98. The summed E-state index contributed by atoms with van der Waals surface area (Å²) in [6.07, 6.45) is 1.59. The van der Waals surface area contributed by atoms with E-state index in [1.54, 1.807) is 20.2 Å². The second kappa shape index (κ2) is 3.61. The van der Waals surface area contributed by atoms with E-state index in [1.165, 1.54) is 11.6 Å². The van der Waals surface area contributed by atoms with Crippen molar-refractivity contribution in [2.75, 3.05) is 0 Å². The SMILES string of the molecule is CC(=C(F)C(=O)O)c1cn(C)nc1C. The van der Waals surface area contributed by atoms with Crippen LogP contribution in [0.1, 0.15) is 18.2 Å². The standard InChI is InChI=1S/C9H11FN2O2/c1-5(8(10)9(13)14)7-4-12(3)11-6(7)2/h4H,1-3H3,(H,13,14). The molecule has 0 saturated heterocycles. The number of carbonyl (C=O) groups is 1. The molecule has 1 aromatic rings. The maximum absolute atomic E-state index is 13.0. The predicted octanol–water partition coefficient (Wildman–Crippen LogP) is 1.51. The molecule has 14 heavy (non-hydrogen) atoms. The number of allylic oxidation sites excluding steroid dienone is 1. The summed E-state index contributed by atoms with van der Waals surface area (Å²) in [6.45, 7) is 3.13. The van der Waals surface area contributed by atoms with Crippen LogP contribution in [0.5, 0.6) is 0 Å². The molecular weight excluding hydrogens is 187 g/mol. The zero-order chi connectivity index (χ0) is 10.9. The molecule has 0 unspecified atom stereocenters. The lowest BCUT2D eigenvalue weighted by molar-refractivity contribution is -0.134. The van der Waals surface area contributed by atoms with E-state index in [4.69, 9.17) is 5.11 Å². The van der Waals surface area contributed by atoms with E-state index < -0.39 is 11.8 Å². The van der Waals surface area contributed by atoms with Crippen molar-refractivity contribution < 1.29 is 14.3 Å². The number of halogens is 1. The number of aliphatic carboxylic acids is 1. The van der Waals surface area contributed by atoms with Gasteiger partial charge in [-0.05, 0) is 13.8 Å². The van der Waals surface area contributed by atoms with Crippen molar-refractivity contribution in [1.29, 1.82) is 0 Å². The van der Waals surface area contributed by atoms with Gasteiger partial charge in [0.05, 0.1) is 5.69 Å². The molecule has 0 amide bonds. The third kappa shape index (κ3) is 1.81. The number of carboxylic acid groups (broad SMARTS) is 1.